The highest BCUT2D eigenvalue weighted by Gasteiger charge is 2.51. The van der Waals surface area contributed by atoms with Gasteiger partial charge in [-0.05, 0) is 54.8 Å². The summed E-state index contributed by atoms with van der Waals surface area (Å²) >= 11 is 0. The first-order chi connectivity index (χ1) is 15.3. The van der Waals surface area contributed by atoms with Gasteiger partial charge in [0.15, 0.2) is 11.5 Å². The fraction of sp³-hybridized carbons (Fsp3) is 0.333. The molecule has 8 heteroatoms. The van der Waals surface area contributed by atoms with Gasteiger partial charge >= 0.3 is 6.09 Å². The SMILES string of the molecule is CC(C)(CNC(=O)O)c1cc2cc(NC(=O)C3(c4ccc5c(c4)OCO5)CC3)ccc2[nH]1. The van der Waals surface area contributed by atoms with Gasteiger partial charge in [0.25, 0.3) is 0 Å². The summed E-state index contributed by atoms with van der Waals surface area (Å²) in [5.41, 5.74) is 2.57. The van der Waals surface area contributed by atoms with Crippen molar-refractivity contribution in [1.29, 1.82) is 0 Å². The van der Waals surface area contributed by atoms with Crippen LogP contribution in [0.1, 0.15) is 37.9 Å². The van der Waals surface area contributed by atoms with Crippen LogP contribution in [0.3, 0.4) is 0 Å². The van der Waals surface area contributed by atoms with E-state index in [-0.39, 0.29) is 19.2 Å². The Morgan fingerprint density at radius 1 is 1.09 bits per heavy atom. The highest BCUT2D eigenvalue weighted by molar-refractivity contribution is 6.02. The lowest BCUT2D eigenvalue weighted by atomic mass is 9.89. The molecule has 0 spiro atoms. The Hall–Kier alpha value is -3.68. The molecular weight excluding hydrogens is 410 g/mol. The van der Waals surface area contributed by atoms with E-state index in [1.54, 1.807) is 0 Å². The average molecular weight is 435 g/mol. The van der Waals surface area contributed by atoms with Gasteiger partial charge in [0.2, 0.25) is 12.7 Å². The van der Waals surface area contributed by atoms with Gasteiger partial charge in [-0.15, -0.1) is 0 Å². The standard InChI is InChI=1S/C24H25N3O5/c1-23(2,12-25-22(29)30)20-10-14-9-16(4-5-17(14)27-20)26-21(28)24(7-8-24)15-3-6-18-19(11-15)32-13-31-18/h3-6,9-11,25,27H,7-8,12-13H2,1-2H3,(H,26,28)(H,29,30). The fourth-order valence-corrected chi connectivity index (χ4v) is 4.18. The van der Waals surface area contributed by atoms with Crippen LogP contribution >= 0.6 is 0 Å². The van der Waals surface area contributed by atoms with Crippen molar-refractivity contribution in [3.05, 3.63) is 53.7 Å². The number of carboxylic acid groups (broad SMARTS) is 1. The maximum Gasteiger partial charge on any atom is 0.404 e. The van der Waals surface area contributed by atoms with E-state index in [0.29, 0.717) is 11.5 Å². The molecule has 0 unspecified atom stereocenters. The summed E-state index contributed by atoms with van der Waals surface area (Å²) in [7, 11) is 0. The van der Waals surface area contributed by atoms with E-state index in [4.69, 9.17) is 14.6 Å². The molecule has 5 rings (SSSR count). The molecule has 0 radical (unpaired) electrons. The number of ether oxygens (including phenoxy) is 2. The van der Waals surface area contributed by atoms with Crippen LogP contribution in [0.15, 0.2) is 42.5 Å². The van der Waals surface area contributed by atoms with Crippen molar-refractivity contribution >= 4 is 28.6 Å². The average Bonchev–Trinajstić information content (AvgIpc) is 3.24. The summed E-state index contributed by atoms with van der Waals surface area (Å²) in [4.78, 5) is 27.4. The number of carbonyl (C=O) groups is 2. The Morgan fingerprint density at radius 2 is 1.88 bits per heavy atom. The van der Waals surface area contributed by atoms with Crippen molar-refractivity contribution < 1.29 is 24.2 Å². The van der Waals surface area contributed by atoms with Crippen LogP contribution < -0.4 is 20.1 Å². The lowest BCUT2D eigenvalue weighted by Crippen LogP contribution is -2.36. The van der Waals surface area contributed by atoms with Gasteiger partial charge in [-0.25, -0.2) is 4.79 Å². The highest BCUT2D eigenvalue weighted by Crippen LogP contribution is 2.51. The minimum atomic E-state index is -1.05. The van der Waals surface area contributed by atoms with Crippen LogP contribution in [0.5, 0.6) is 11.5 Å². The van der Waals surface area contributed by atoms with Gasteiger partial charge in [0, 0.05) is 34.2 Å². The molecule has 2 aliphatic rings. The lowest BCUT2D eigenvalue weighted by molar-refractivity contribution is -0.118. The first kappa shape index (κ1) is 20.2. The molecule has 1 aromatic heterocycles. The van der Waals surface area contributed by atoms with Crippen molar-refractivity contribution in [2.45, 2.75) is 37.5 Å². The summed E-state index contributed by atoms with van der Waals surface area (Å²) in [5.74, 6) is 1.36. The largest absolute Gasteiger partial charge is 0.465 e. The molecule has 1 fully saturated rings. The number of fused-ring (bicyclic) bond motifs is 2. The molecule has 2 amide bonds. The Kier molecular flexibility index (Phi) is 4.54. The first-order valence-corrected chi connectivity index (χ1v) is 10.6. The Bertz CT molecular complexity index is 1230. The highest BCUT2D eigenvalue weighted by atomic mass is 16.7. The number of benzene rings is 2. The number of hydrogen-bond acceptors (Lipinski definition) is 4. The number of nitrogens with one attached hydrogen (secondary N) is 3. The van der Waals surface area contributed by atoms with E-state index in [1.165, 1.54) is 0 Å². The third-order valence-corrected chi connectivity index (χ3v) is 6.40. The van der Waals surface area contributed by atoms with Crippen LogP contribution in [-0.2, 0) is 15.6 Å². The molecule has 1 aliphatic heterocycles. The fourth-order valence-electron chi connectivity index (χ4n) is 4.18. The zero-order chi connectivity index (χ0) is 22.5. The van der Waals surface area contributed by atoms with Crippen molar-refractivity contribution in [2.75, 3.05) is 18.7 Å². The molecule has 4 N–H and O–H groups in total. The minimum Gasteiger partial charge on any atom is -0.465 e. The molecule has 0 bridgehead atoms. The van der Waals surface area contributed by atoms with E-state index in [9.17, 15) is 9.59 Å². The second-order valence-electron chi connectivity index (χ2n) is 9.13. The zero-order valence-electron chi connectivity index (χ0n) is 18.0. The number of H-pyrrole nitrogens is 1. The lowest BCUT2D eigenvalue weighted by Gasteiger charge is -2.22. The number of aromatic amines is 1. The molecule has 0 atom stereocenters. The second-order valence-corrected chi connectivity index (χ2v) is 9.13. The second kappa shape index (κ2) is 7.19. The molecule has 32 heavy (non-hydrogen) atoms. The van der Waals surface area contributed by atoms with Crippen molar-refractivity contribution in [2.24, 2.45) is 0 Å². The summed E-state index contributed by atoms with van der Waals surface area (Å²) < 4.78 is 10.9. The van der Waals surface area contributed by atoms with E-state index in [1.807, 2.05) is 56.3 Å². The van der Waals surface area contributed by atoms with Crippen LogP contribution in [0, 0.1) is 0 Å². The van der Waals surface area contributed by atoms with Crippen LogP contribution in [0.2, 0.25) is 0 Å². The van der Waals surface area contributed by atoms with Gasteiger partial charge in [-0.3, -0.25) is 4.79 Å². The normalized spacial score (nSPS) is 16.1. The summed E-state index contributed by atoms with van der Waals surface area (Å²) in [6, 6.07) is 13.4. The molecule has 8 nitrogen and oxygen atoms in total. The van der Waals surface area contributed by atoms with Crippen LogP contribution in [0.4, 0.5) is 10.5 Å². The van der Waals surface area contributed by atoms with E-state index < -0.39 is 16.9 Å². The van der Waals surface area contributed by atoms with E-state index in [0.717, 1.165) is 40.7 Å². The van der Waals surface area contributed by atoms with Crippen molar-refractivity contribution in [3.8, 4) is 11.5 Å². The Morgan fingerprint density at radius 3 is 2.62 bits per heavy atom. The molecule has 2 heterocycles. The molecule has 166 valence electrons. The third-order valence-electron chi connectivity index (χ3n) is 6.40. The maximum absolute atomic E-state index is 13.2. The molecule has 3 aromatic rings. The predicted molar refractivity (Wildman–Crippen MR) is 119 cm³/mol. The van der Waals surface area contributed by atoms with Crippen molar-refractivity contribution in [1.82, 2.24) is 10.3 Å². The van der Waals surface area contributed by atoms with Gasteiger partial charge in [-0.2, -0.15) is 0 Å². The quantitative estimate of drug-likeness (QED) is 0.465. The number of carbonyl (C=O) groups excluding carboxylic acids is 1. The van der Waals surface area contributed by atoms with Crippen LogP contribution in [-0.4, -0.2) is 35.4 Å². The molecule has 2 aromatic carbocycles. The molecule has 1 aliphatic carbocycles. The van der Waals surface area contributed by atoms with Crippen LogP contribution in [0.25, 0.3) is 10.9 Å². The summed E-state index contributed by atoms with van der Waals surface area (Å²) in [5, 5.41) is 15.4. The number of rotatable bonds is 6. The first-order valence-electron chi connectivity index (χ1n) is 10.6. The van der Waals surface area contributed by atoms with Gasteiger partial charge in [0.05, 0.1) is 5.41 Å². The molecule has 0 saturated heterocycles. The van der Waals surface area contributed by atoms with Gasteiger partial charge in [-0.1, -0.05) is 19.9 Å². The Labute approximate surface area is 184 Å². The maximum atomic E-state index is 13.2. The monoisotopic (exact) mass is 435 g/mol. The molecule has 1 saturated carbocycles. The number of aromatic nitrogens is 1. The van der Waals surface area contributed by atoms with E-state index in [2.05, 4.69) is 15.6 Å². The van der Waals surface area contributed by atoms with Gasteiger partial charge in [0.1, 0.15) is 0 Å². The summed E-state index contributed by atoms with van der Waals surface area (Å²) in [6.07, 6.45) is 0.537. The van der Waals surface area contributed by atoms with Crippen molar-refractivity contribution in [3.63, 3.8) is 0 Å². The van der Waals surface area contributed by atoms with E-state index >= 15 is 0 Å². The third kappa shape index (κ3) is 3.51. The van der Waals surface area contributed by atoms with Gasteiger partial charge < -0.3 is 30.2 Å². The number of hydrogen-bond donors (Lipinski definition) is 4. The molecular formula is C24H25N3O5. The topological polar surface area (TPSA) is 113 Å². The predicted octanol–water partition coefficient (Wildman–Crippen LogP) is 4.11. The smallest absolute Gasteiger partial charge is 0.404 e. The summed E-state index contributed by atoms with van der Waals surface area (Å²) in [6.45, 7) is 4.44. The number of anilines is 1. The zero-order valence-corrected chi connectivity index (χ0v) is 18.0. The number of amides is 2. The Balaban J connectivity index is 1.35. The minimum absolute atomic E-state index is 0.0301.